The van der Waals surface area contributed by atoms with Gasteiger partial charge in [0.05, 0.1) is 12.3 Å². The third-order valence-corrected chi connectivity index (χ3v) is 5.51. The maximum Gasteiger partial charge on any atom is 0.327 e. The van der Waals surface area contributed by atoms with Crippen molar-refractivity contribution in [1.29, 1.82) is 0 Å². The van der Waals surface area contributed by atoms with Crippen LogP contribution in [0.5, 0.6) is 0 Å². The number of fused-ring (bicyclic) bond motifs is 5. The molecule has 0 radical (unpaired) electrons. The predicted molar refractivity (Wildman–Crippen MR) is 72.0 cm³/mol. The summed E-state index contributed by atoms with van der Waals surface area (Å²) in [5.41, 5.74) is 3.00. The van der Waals surface area contributed by atoms with Gasteiger partial charge in [-0.2, -0.15) is 5.10 Å². The average molecular weight is 262 g/mol. The van der Waals surface area contributed by atoms with Gasteiger partial charge in [0.1, 0.15) is 6.54 Å². The second-order valence-corrected chi connectivity index (χ2v) is 6.58. The molecule has 0 aliphatic heterocycles. The molecule has 0 spiro atoms. The van der Waals surface area contributed by atoms with E-state index < -0.39 is 0 Å². The molecule has 0 aromatic carbocycles. The summed E-state index contributed by atoms with van der Waals surface area (Å²) >= 11 is 0. The first kappa shape index (κ1) is 12.7. The molecular weight excluding hydrogens is 240 g/mol. The molecule has 1 saturated carbocycles. The fraction of sp³-hybridized carbons (Fsp3) is 0.733. The Morgan fingerprint density at radius 2 is 2.26 bits per heavy atom. The van der Waals surface area contributed by atoms with Crippen LogP contribution in [0.4, 0.5) is 0 Å². The highest BCUT2D eigenvalue weighted by molar-refractivity contribution is 5.69. The smallest absolute Gasteiger partial charge is 0.327 e. The van der Waals surface area contributed by atoms with E-state index in [1.54, 1.807) is 4.68 Å². The van der Waals surface area contributed by atoms with E-state index in [0.29, 0.717) is 12.5 Å². The lowest BCUT2D eigenvalue weighted by atomic mass is 9.70. The molecule has 2 aliphatic rings. The van der Waals surface area contributed by atoms with Crippen molar-refractivity contribution in [3.05, 3.63) is 17.5 Å². The quantitative estimate of drug-likeness (QED) is 0.786. The van der Waals surface area contributed by atoms with E-state index in [9.17, 15) is 4.79 Å². The molecule has 1 aromatic heterocycles. The van der Waals surface area contributed by atoms with Crippen molar-refractivity contribution in [3.63, 3.8) is 0 Å². The first-order chi connectivity index (χ1) is 8.90. The third kappa shape index (κ3) is 1.52. The van der Waals surface area contributed by atoms with Crippen molar-refractivity contribution in [3.8, 4) is 0 Å². The Kier molecular flexibility index (Phi) is 2.57. The zero-order valence-electron chi connectivity index (χ0n) is 12.2. The number of hydrogen-bond acceptors (Lipinski definition) is 3. The first-order valence-corrected chi connectivity index (χ1v) is 7.13. The van der Waals surface area contributed by atoms with Crippen molar-refractivity contribution in [1.82, 2.24) is 9.78 Å². The fourth-order valence-corrected chi connectivity index (χ4v) is 4.01. The third-order valence-electron chi connectivity index (χ3n) is 5.51. The fourth-order valence-electron chi connectivity index (χ4n) is 4.01. The van der Waals surface area contributed by atoms with Gasteiger partial charge in [0.2, 0.25) is 0 Å². The van der Waals surface area contributed by atoms with E-state index in [4.69, 9.17) is 4.74 Å². The van der Waals surface area contributed by atoms with Crippen LogP contribution in [-0.2, 0) is 21.5 Å². The first-order valence-electron chi connectivity index (χ1n) is 7.13. The minimum atomic E-state index is -0.208. The van der Waals surface area contributed by atoms with Crippen molar-refractivity contribution < 1.29 is 9.53 Å². The lowest BCUT2D eigenvalue weighted by molar-refractivity contribution is -0.144. The second kappa shape index (κ2) is 3.84. The molecule has 4 nitrogen and oxygen atoms in total. The number of hydrogen-bond donors (Lipinski definition) is 0. The van der Waals surface area contributed by atoms with Gasteiger partial charge in [-0.05, 0) is 36.7 Å². The Hall–Kier alpha value is -1.32. The van der Waals surface area contributed by atoms with Crippen molar-refractivity contribution in [2.45, 2.75) is 58.4 Å². The van der Waals surface area contributed by atoms with Gasteiger partial charge in [0.25, 0.3) is 0 Å². The Balaban J connectivity index is 1.90. The lowest BCUT2D eigenvalue weighted by Crippen LogP contribution is -2.32. The molecule has 0 saturated heterocycles. The second-order valence-electron chi connectivity index (χ2n) is 6.58. The van der Waals surface area contributed by atoms with Gasteiger partial charge in [-0.15, -0.1) is 0 Å². The predicted octanol–water partition coefficient (Wildman–Crippen LogP) is 2.62. The molecule has 104 valence electrons. The molecule has 2 aliphatic carbocycles. The standard InChI is InChI=1S/C15H22N2O2/c1-5-19-12(18)9-17-8-10-11-6-7-15(4,13(10)16-17)14(11,2)3/h8,11H,5-7,9H2,1-4H3/t11-,15+/m1/s1. The maximum atomic E-state index is 11.5. The zero-order chi connectivity index (χ0) is 13.8. The lowest BCUT2D eigenvalue weighted by Gasteiger charge is -2.34. The van der Waals surface area contributed by atoms with E-state index in [0.717, 1.165) is 0 Å². The van der Waals surface area contributed by atoms with Gasteiger partial charge < -0.3 is 4.74 Å². The average Bonchev–Trinajstić information content (AvgIpc) is 2.86. The number of carbonyl (C=O) groups is 1. The van der Waals surface area contributed by atoms with Gasteiger partial charge in [0.15, 0.2) is 0 Å². The summed E-state index contributed by atoms with van der Waals surface area (Å²) < 4.78 is 6.74. The molecule has 1 heterocycles. The molecule has 0 amide bonds. The van der Waals surface area contributed by atoms with E-state index in [-0.39, 0.29) is 23.3 Å². The number of carbonyl (C=O) groups excluding carboxylic acids is 1. The summed E-state index contributed by atoms with van der Waals surface area (Å²) in [6.45, 7) is 9.49. The molecule has 2 bridgehead atoms. The number of aromatic nitrogens is 2. The molecular formula is C15H22N2O2. The summed E-state index contributed by atoms with van der Waals surface area (Å²) in [6, 6.07) is 0. The summed E-state index contributed by atoms with van der Waals surface area (Å²) in [5, 5.41) is 4.68. The van der Waals surface area contributed by atoms with Crippen molar-refractivity contribution in [2.24, 2.45) is 5.41 Å². The van der Waals surface area contributed by atoms with Gasteiger partial charge in [-0.1, -0.05) is 20.8 Å². The van der Waals surface area contributed by atoms with Crippen LogP contribution < -0.4 is 0 Å². The Morgan fingerprint density at radius 3 is 2.89 bits per heavy atom. The zero-order valence-corrected chi connectivity index (χ0v) is 12.2. The van der Waals surface area contributed by atoms with Gasteiger partial charge in [-0.3, -0.25) is 9.48 Å². The van der Waals surface area contributed by atoms with Gasteiger partial charge in [-0.25, -0.2) is 0 Å². The van der Waals surface area contributed by atoms with Crippen LogP contribution in [0.2, 0.25) is 0 Å². The van der Waals surface area contributed by atoms with E-state index in [1.807, 2.05) is 6.92 Å². The van der Waals surface area contributed by atoms with Crippen LogP contribution in [0.15, 0.2) is 6.20 Å². The Bertz CT molecular complexity index is 532. The van der Waals surface area contributed by atoms with Crippen molar-refractivity contribution >= 4 is 5.97 Å². The van der Waals surface area contributed by atoms with Crippen LogP contribution in [-0.4, -0.2) is 22.4 Å². The van der Waals surface area contributed by atoms with Crippen LogP contribution in [0.1, 0.15) is 57.7 Å². The normalized spacial score (nSPS) is 30.4. The van der Waals surface area contributed by atoms with Crippen LogP contribution >= 0.6 is 0 Å². The van der Waals surface area contributed by atoms with Crippen LogP contribution in [0, 0.1) is 5.41 Å². The highest BCUT2D eigenvalue weighted by atomic mass is 16.5. The molecule has 0 N–H and O–H groups in total. The summed E-state index contributed by atoms with van der Waals surface area (Å²) in [5.74, 6) is 0.379. The maximum absolute atomic E-state index is 11.5. The SMILES string of the molecule is CCOC(=O)Cn1cc2c(n1)[C@]1(C)CC[C@H]2C1(C)C. The number of ether oxygens (including phenoxy) is 1. The van der Waals surface area contributed by atoms with E-state index in [1.165, 1.54) is 24.1 Å². The number of rotatable bonds is 3. The molecule has 0 unspecified atom stereocenters. The molecule has 4 heteroatoms. The molecule has 1 fully saturated rings. The number of esters is 1. The molecule has 1 aromatic rings. The largest absolute Gasteiger partial charge is 0.465 e. The molecule has 2 atom stereocenters. The van der Waals surface area contributed by atoms with Gasteiger partial charge >= 0.3 is 5.97 Å². The Labute approximate surface area is 114 Å². The number of nitrogens with zero attached hydrogens (tertiary/aromatic N) is 2. The summed E-state index contributed by atoms with van der Waals surface area (Å²) in [7, 11) is 0. The van der Waals surface area contributed by atoms with Crippen molar-refractivity contribution in [2.75, 3.05) is 6.61 Å². The molecule has 3 rings (SSSR count). The highest BCUT2D eigenvalue weighted by Crippen LogP contribution is 2.67. The molecule has 19 heavy (non-hydrogen) atoms. The van der Waals surface area contributed by atoms with E-state index >= 15 is 0 Å². The van der Waals surface area contributed by atoms with Crippen LogP contribution in [0.3, 0.4) is 0 Å². The minimum absolute atomic E-state index is 0.160. The van der Waals surface area contributed by atoms with Gasteiger partial charge in [0, 0.05) is 11.6 Å². The minimum Gasteiger partial charge on any atom is -0.465 e. The van der Waals surface area contributed by atoms with E-state index in [2.05, 4.69) is 32.1 Å². The highest BCUT2D eigenvalue weighted by Gasteiger charge is 2.61. The monoisotopic (exact) mass is 262 g/mol. The summed E-state index contributed by atoms with van der Waals surface area (Å²) in [6.07, 6.45) is 4.50. The Morgan fingerprint density at radius 1 is 1.53 bits per heavy atom. The summed E-state index contributed by atoms with van der Waals surface area (Å²) in [4.78, 5) is 11.5. The topological polar surface area (TPSA) is 44.1 Å². The van der Waals surface area contributed by atoms with Crippen LogP contribution in [0.25, 0.3) is 0 Å².